The molecule has 0 N–H and O–H groups in total. The van der Waals surface area contributed by atoms with Gasteiger partial charge in [0.05, 0.1) is 0 Å². The average Bonchev–Trinajstić information content (AvgIpc) is 2.39. The monoisotopic (exact) mass is 183 g/mol. The summed E-state index contributed by atoms with van der Waals surface area (Å²) in [5.41, 5.74) is 0. The summed E-state index contributed by atoms with van der Waals surface area (Å²) < 4.78 is 6.53. The van der Waals surface area contributed by atoms with E-state index in [1.807, 2.05) is 0 Å². The summed E-state index contributed by atoms with van der Waals surface area (Å²) in [6, 6.07) is 0. The van der Waals surface area contributed by atoms with Crippen molar-refractivity contribution in [3.8, 4) is 0 Å². The summed E-state index contributed by atoms with van der Waals surface area (Å²) in [5, 5.41) is 0. The second kappa shape index (κ2) is 7.74. The Bertz CT molecular complexity index is 68.8. The third-order valence-corrected chi connectivity index (χ3v) is 2.63. The summed E-state index contributed by atoms with van der Waals surface area (Å²) in [6.45, 7) is 2.45. The molecule has 10 heavy (non-hydrogen) atoms. The van der Waals surface area contributed by atoms with Crippen molar-refractivity contribution in [2.45, 2.75) is 12.8 Å². The minimum absolute atomic E-state index is 0.517. The van der Waals surface area contributed by atoms with Gasteiger partial charge in [-0.05, 0) is 12.8 Å². The molecule has 0 aromatic rings. The minimum Gasteiger partial charge on any atom is -0.388 e. The summed E-state index contributed by atoms with van der Waals surface area (Å²) >= 11 is 5.56. The van der Waals surface area contributed by atoms with Crippen LogP contribution in [0.15, 0.2) is 0 Å². The Morgan fingerprint density at radius 1 is 1.30 bits per heavy atom. The lowest BCUT2D eigenvalue weighted by Crippen LogP contribution is -2.03. The Kier molecular flexibility index (Phi) is 8.24. The molecule has 1 rings (SSSR count). The fraction of sp³-hybridized carbons (Fsp3) is 1.00. The molecular formula is C6H15ClNOP. The number of rotatable bonds is 1. The number of methoxy groups -OCH3 is 1. The lowest BCUT2D eigenvalue weighted by atomic mass is 10.4. The van der Waals surface area contributed by atoms with Crippen LogP contribution in [0.4, 0.5) is 0 Å². The van der Waals surface area contributed by atoms with Crippen molar-refractivity contribution in [2.24, 2.45) is 0 Å². The second-order valence-corrected chi connectivity index (χ2v) is 3.50. The maximum absolute atomic E-state index is 5.56. The van der Waals surface area contributed by atoms with E-state index in [-0.39, 0.29) is 0 Å². The lowest BCUT2D eigenvalue weighted by molar-refractivity contribution is 0.277. The molecule has 62 valence electrons. The molecule has 0 radical (unpaired) electrons. The molecule has 0 saturated carbocycles. The number of ether oxygens (including phenoxy) is 1. The third kappa shape index (κ3) is 5.43. The van der Waals surface area contributed by atoms with Gasteiger partial charge in [0, 0.05) is 35.4 Å². The van der Waals surface area contributed by atoms with Gasteiger partial charge < -0.3 is 4.74 Å². The van der Waals surface area contributed by atoms with E-state index in [1.54, 1.807) is 14.2 Å². The SMILES string of the molecule is COC.ClPN1CCCC1. The van der Waals surface area contributed by atoms with Crippen molar-refractivity contribution >= 4 is 19.3 Å². The first-order chi connectivity index (χ1) is 4.85. The molecule has 1 aliphatic rings. The Morgan fingerprint density at radius 3 is 1.90 bits per heavy atom. The van der Waals surface area contributed by atoms with Crippen LogP contribution in [0.1, 0.15) is 12.8 Å². The molecule has 0 bridgehead atoms. The molecule has 1 saturated heterocycles. The molecule has 1 fully saturated rings. The van der Waals surface area contributed by atoms with Crippen LogP contribution in [0.5, 0.6) is 0 Å². The van der Waals surface area contributed by atoms with Gasteiger partial charge in [-0.1, -0.05) is 11.2 Å². The van der Waals surface area contributed by atoms with Crippen LogP contribution >= 0.6 is 19.3 Å². The van der Waals surface area contributed by atoms with Crippen molar-refractivity contribution in [3.05, 3.63) is 0 Å². The van der Waals surface area contributed by atoms with E-state index >= 15 is 0 Å². The molecule has 0 amide bonds. The fourth-order valence-corrected chi connectivity index (χ4v) is 1.79. The predicted molar refractivity (Wildman–Crippen MR) is 47.9 cm³/mol. The van der Waals surface area contributed by atoms with E-state index in [0.717, 1.165) is 0 Å². The molecule has 0 spiro atoms. The number of hydrogen-bond acceptors (Lipinski definition) is 2. The summed E-state index contributed by atoms with van der Waals surface area (Å²) in [4.78, 5) is 0. The largest absolute Gasteiger partial charge is 0.388 e. The Labute approximate surface area is 69.5 Å². The van der Waals surface area contributed by atoms with Gasteiger partial charge in [-0.3, -0.25) is 4.67 Å². The van der Waals surface area contributed by atoms with E-state index in [0.29, 0.717) is 8.08 Å². The first kappa shape index (κ1) is 10.6. The molecule has 1 unspecified atom stereocenters. The van der Waals surface area contributed by atoms with Gasteiger partial charge in [0.2, 0.25) is 0 Å². The highest BCUT2D eigenvalue weighted by atomic mass is 35.7. The quantitative estimate of drug-likeness (QED) is 0.578. The molecule has 1 aliphatic heterocycles. The summed E-state index contributed by atoms with van der Waals surface area (Å²) in [5.74, 6) is 0. The van der Waals surface area contributed by atoms with Crippen LogP contribution in [0.25, 0.3) is 0 Å². The first-order valence-corrected chi connectivity index (χ1v) is 5.32. The molecule has 0 aromatic heterocycles. The maximum atomic E-state index is 5.56. The Hall–Kier alpha value is 0.640. The van der Waals surface area contributed by atoms with Crippen LogP contribution in [0.2, 0.25) is 0 Å². The van der Waals surface area contributed by atoms with Crippen LogP contribution in [-0.2, 0) is 4.74 Å². The van der Waals surface area contributed by atoms with Gasteiger partial charge in [-0.25, -0.2) is 0 Å². The average molecular weight is 184 g/mol. The molecule has 0 aliphatic carbocycles. The van der Waals surface area contributed by atoms with Gasteiger partial charge in [0.25, 0.3) is 0 Å². The molecule has 1 atom stereocenters. The molecule has 1 heterocycles. The summed E-state index contributed by atoms with van der Waals surface area (Å²) in [7, 11) is 3.77. The van der Waals surface area contributed by atoms with Crippen LogP contribution in [0.3, 0.4) is 0 Å². The smallest absolute Gasteiger partial charge is 0.0478 e. The zero-order chi connectivity index (χ0) is 7.82. The number of hydrogen-bond donors (Lipinski definition) is 0. The lowest BCUT2D eigenvalue weighted by Gasteiger charge is -2.06. The van der Waals surface area contributed by atoms with E-state index in [9.17, 15) is 0 Å². The standard InChI is InChI=1S/C4H9ClNP.C2H6O/c5-7-6-3-1-2-4-6;1-3-2/h7H,1-4H2;1-2H3. The van der Waals surface area contributed by atoms with Gasteiger partial charge >= 0.3 is 0 Å². The highest BCUT2D eigenvalue weighted by Crippen LogP contribution is 2.27. The molecule has 2 nitrogen and oxygen atoms in total. The van der Waals surface area contributed by atoms with Gasteiger partial charge in [-0.2, -0.15) is 0 Å². The van der Waals surface area contributed by atoms with E-state index in [4.69, 9.17) is 11.2 Å². The zero-order valence-corrected chi connectivity index (χ0v) is 8.32. The highest BCUT2D eigenvalue weighted by Gasteiger charge is 2.08. The van der Waals surface area contributed by atoms with Crippen LogP contribution < -0.4 is 0 Å². The van der Waals surface area contributed by atoms with Gasteiger partial charge in [0.1, 0.15) is 0 Å². The number of halogens is 1. The molecular weight excluding hydrogens is 168 g/mol. The maximum Gasteiger partial charge on any atom is 0.0478 e. The van der Waals surface area contributed by atoms with Crippen molar-refractivity contribution in [2.75, 3.05) is 27.3 Å². The highest BCUT2D eigenvalue weighted by molar-refractivity contribution is 7.66. The first-order valence-electron chi connectivity index (χ1n) is 3.36. The van der Waals surface area contributed by atoms with Crippen LogP contribution in [0, 0.1) is 0 Å². The summed E-state index contributed by atoms with van der Waals surface area (Å²) in [6.07, 6.45) is 2.69. The van der Waals surface area contributed by atoms with Crippen LogP contribution in [-0.4, -0.2) is 32.0 Å². The second-order valence-electron chi connectivity index (χ2n) is 2.19. The van der Waals surface area contributed by atoms with Crippen molar-refractivity contribution in [1.82, 2.24) is 4.67 Å². The Morgan fingerprint density at radius 2 is 1.70 bits per heavy atom. The van der Waals surface area contributed by atoms with Gasteiger partial charge in [-0.15, -0.1) is 0 Å². The predicted octanol–water partition coefficient (Wildman–Crippen LogP) is 2.09. The topological polar surface area (TPSA) is 12.5 Å². The number of nitrogens with zero attached hydrogens (tertiary/aromatic N) is 1. The van der Waals surface area contributed by atoms with Gasteiger partial charge in [0.15, 0.2) is 0 Å². The molecule has 0 aromatic carbocycles. The van der Waals surface area contributed by atoms with E-state index in [2.05, 4.69) is 9.41 Å². The minimum atomic E-state index is 0.517. The third-order valence-electron chi connectivity index (χ3n) is 1.23. The Balaban J connectivity index is 0.000000236. The zero-order valence-electron chi connectivity index (χ0n) is 6.56. The fourth-order valence-electron chi connectivity index (χ4n) is 0.802. The van der Waals surface area contributed by atoms with Crippen molar-refractivity contribution in [3.63, 3.8) is 0 Å². The van der Waals surface area contributed by atoms with E-state index in [1.165, 1.54) is 25.9 Å². The van der Waals surface area contributed by atoms with Crippen molar-refractivity contribution in [1.29, 1.82) is 0 Å². The van der Waals surface area contributed by atoms with Crippen molar-refractivity contribution < 1.29 is 4.74 Å². The molecule has 4 heteroatoms. The van der Waals surface area contributed by atoms with E-state index < -0.39 is 0 Å². The normalized spacial score (nSPS) is 19.5.